The van der Waals surface area contributed by atoms with E-state index in [9.17, 15) is 24.9 Å². The van der Waals surface area contributed by atoms with Gasteiger partial charge in [-0.1, -0.05) is 0 Å². The summed E-state index contributed by atoms with van der Waals surface area (Å²) in [5, 5.41) is 49.0. The molecule has 1 saturated heterocycles. The summed E-state index contributed by atoms with van der Waals surface area (Å²) in [6.07, 6.45) is -7.93. The number of aliphatic carboxylic acids is 1. The van der Waals surface area contributed by atoms with Crippen molar-refractivity contribution in [1.82, 2.24) is 5.32 Å². The lowest BCUT2D eigenvalue weighted by Crippen LogP contribution is -2.64. The first kappa shape index (κ1) is 16.8. The molecule has 0 unspecified atom stereocenters. The third-order valence-corrected chi connectivity index (χ3v) is 2.96. The number of nitrogens with two attached hydrogens (primary N) is 1. The van der Waals surface area contributed by atoms with Crippen molar-refractivity contribution in [1.29, 1.82) is 0 Å². The molecule has 0 aromatic carbocycles. The van der Waals surface area contributed by atoms with Crippen LogP contribution in [0.4, 0.5) is 0 Å². The summed E-state index contributed by atoms with van der Waals surface area (Å²) in [6.45, 7) is -0.642. The lowest BCUT2D eigenvalue weighted by molar-refractivity contribution is -0.238. The predicted octanol–water partition coefficient (Wildman–Crippen LogP) is -4.30. The van der Waals surface area contributed by atoms with Crippen LogP contribution in [0.5, 0.6) is 0 Å². The van der Waals surface area contributed by atoms with Gasteiger partial charge in [0.2, 0.25) is 5.91 Å². The fourth-order valence-electron chi connectivity index (χ4n) is 1.86. The second kappa shape index (κ2) is 6.92. The average molecular weight is 294 g/mol. The van der Waals surface area contributed by atoms with E-state index in [0.29, 0.717) is 0 Å². The third-order valence-electron chi connectivity index (χ3n) is 2.96. The molecule has 0 aromatic rings. The molecular formula is C10H18N2O8. The van der Waals surface area contributed by atoms with E-state index in [0.717, 1.165) is 0 Å². The van der Waals surface area contributed by atoms with E-state index in [1.165, 1.54) is 0 Å². The molecule has 0 aliphatic carbocycles. The number of carboxylic acid groups (broad SMARTS) is 1. The van der Waals surface area contributed by atoms with Crippen LogP contribution in [0.25, 0.3) is 0 Å². The van der Waals surface area contributed by atoms with E-state index in [-0.39, 0.29) is 0 Å². The number of aliphatic hydroxyl groups excluding tert-OH is 4. The zero-order chi connectivity index (χ0) is 15.4. The number of nitrogens with one attached hydrogen (secondary N) is 1. The van der Waals surface area contributed by atoms with E-state index < -0.39 is 61.6 Å². The maximum Gasteiger partial charge on any atom is 0.321 e. The molecule has 0 aromatic heterocycles. The van der Waals surface area contributed by atoms with Gasteiger partial charge < -0.3 is 36.0 Å². The lowest BCUT2D eigenvalue weighted by atomic mass is 9.98. The maximum atomic E-state index is 10.9. The molecule has 1 fully saturated rings. The Bertz CT molecular complexity index is 363. The molecule has 10 heteroatoms. The Morgan fingerprint density at radius 2 is 1.80 bits per heavy atom. The van der Waals surface area contributed by atoms with Crippen LogP contribution in [0, 0.1) is 0 Å². The monoisotopic (exact) mass is 294 g/mol. The fourth-order valence-corrected chi connectivity index (χ4v) is 1.86. The summed E-state index contributed by atoms with van der Waals surface area (Å²) in [6, 6.07) is -1.44. The van der Waals surface area contributed by atoms with E-state index in [1.54, 1.807) is 0 Å². The molecule has 6 atom stereocenters. The van der Waals surface area contributed by atoms with Crippen molar-refractivity contribution in [2.45, 2.75) is 43.1 Å². The van der Waals surface area contributed by atoms with Gasteiger partial charge in [0.1, 0.15) is 36.7 Å². The number of hydrogen-bond acceptors (Lipinski definition) is 8. The Hall–Kier alpha value is -1.30. The molecule has 0 radical (unpaired) electrons. The van der Waals surface area contributed by atoms with Gasteiger partial charge in [-0.25, -0.2) is 0 Å². The molecule has 1 heterocycles. The van der Waals surface area contributed by atoms with Gasteiger partial charge in [0.05, 0.1) is 13.0 Å². The number of amides is 1. The average Bonchev–Trinajstić information content (AvgIpc) is 2.37. The number of primary amides is 1. The molecule has 0 bridgehead atoms. The molecule has 10 nitrogen and oxygen atoms in total. The zero-order valence-corrected chi connectivity index (χ0v) is 10.4. The van der Waals surface area contributed by atoms with Gasteiger partial charge in [-0.3, -0.25) is 14.9 Å². The minimum Gasteiger partial charge on any atom is -0.480 e. The predicted molar refractivity (Wildman–Crippen MR) is 62.1 cm³/mol. The van der Waals surface area contributed by atoms with Crippen LogP contribution in [-0.2, 0) is 14.3 Å². The van der Waals surface area contributed by atoms with Crippen LogP contribution in [0.2, 0.25) is 0 Å². The van der Waals surface area contributed by atoms with Crippen molar-refractivity contribution >= 4 is 11.9 Å². The summed E-state index contributed by atoms with van der Waals surface area (Å²) >= 11 is 0. The van der Waals surface area contributed by atoms with Gasteiger partial charge in [-0.2, -0.15) is 0 Å². The molecular weight excluding hydrogens is 276 g/mol. The Kier molecular flexibility index (Phi) is 5.80. The van der Waals surface area contributed by atoms with Crippen LogP contribution in [0.1, 0.15) is 6.42 Å². The topological polar surface area (TPSA) is 183 Å². The molecule has 1 amide bonds. The van der Waals surface area contributed by atoms with E-state index >= 15 is 0 Å². The largest absolute Gasteiger partial charge is 0.480 e. The normalized spacial score (nSPS) is 35.5. The standard InChI is InChI=1S/C10H18N2O8/c11-5(14)1-3(10(18)19)12-9-8(17)7(16)6(15)4(2-13)20-9/h3-4,6-9,12-13,15-17H,1-2H2,(H2,11,14)(H,18,19)/t3-,4+,6+,7-,8+,9+/m0/s1. The van der Waals surface area contributed by atoms with Crippen LogP contribution in [0.3, 0.4) is 0 Å². The molecule has 1 rings (SSSR count). The molecule has 8 N–H and O–H groups in total. The highest BCUT2D eigenvalue weighted by atomic mass is 16.6. The van der Waals surface area contributed by atoms with Crippen molar-refractivity contribution in [3.8, 4) is 0 Å². The van der Waals surface area contributed by atoms with E-state index in [2.05, 4.69) is 5.32 Å². The summed E-state index contributed by atoms with van der Waals surface area (Å²) < 4.78 is 5.06. The van der Waals surface area contributed by atoms with Crippen LogP contribution in [-0.4, -0.2) is 80.7 Å². The maximum absolute atomic E-state index is 10.9. The Morgan fingerprint density at radius 1 is 1.20 bits per heavy atom. The summed E-state index contributed by atoms with van der Waals surface area (Å²) in [5.41, 5.74) is 4.90. The summed E-state index contributed by atoms with van der Waals surface area (Å²) in [5.74, 6) is -2.28. The van der Waals surface area contributed by atoms with Crippen molar-refractivity contribution < 1.29 is 39.9 Å². The van der Waals surface area contributed by atoms with Gasteiger partial charge in [0.15, 0.2) is 0 Å². The number of aliphatic hydroxyl groups is 4. The van der Waals surface area contributed by atoms with Crippen LogP contribution in [0.15, 0.2) is 0 Å². The quantitative estimate of drug-likeness (QED) is 0.255. The molecule has 1 aliphatic rings. The van der Waals surface area contributed by atoms with Crippen molar-refractivity contribution in [3.05, 3.63) is 0 Å². The number of hydrogen-bond donors (Lipinski definition) is 7. The first-order valence-electron chi connectivity index (χ1n) is 5.85. The number of carboxylic acids is 1. The van der Waals surface area contributed by atoms with Crippen LogP contribution >= 0.6 is 0 Å². The van der Waals surface area contributed by atoms with Gasteiger partial charge in [0.25, 0.3) is 0 Å². The van der Waals surface area contributed by atoms with E-state index in [1.807, 2.05) is 0 Å². The minimum absolute atomic E-state index is 0.551. The first-order chi connectivity index (χ1) is 9.27. The molecule has 0 spiro atoms. The minimum atomic E-state index is -1.64. The van der Waals surface area contributed by atoms with Gasteiger partial charge in [-0.05, 0) is 0 Å². The smallest absolute Gasteiger partial charge is 0.321 e. The SMILES string of the molecule is NC(=O)C[C@H](N[C@@H]1O[C@H](CO)[C@@H](O)[C@H](O)[C@H]1O)C(=O)O. The highest BCUT2D eigenvalue weighted by molar-refractivity contribution is 5.83. The first-order valence-corrected chi connectivity index (χ1v) is 5.85. The fraction of sp³-hybridized carbons (Fsp3) is 0.800. The Balaban J connectivity index is 2.77. The summed E-state index contributed by atoms with van der Waals surface area (Å²) in [7, 11) is 0. The van der Waals surface area contributed by atoms with Crippen molar-refractivity contribution in [2.75, 3.05) is 6.61 Å². The molecule has 0 saturated carbocycles. The highest BCUT2D eigenvalue weighted by Crippen LogP contribution is 2.20. The Labute approximate surface area is 113 Å². The van der Waals surface area contributed by atoms with Gasteiger partial charge >= 0.3 is 5.97 Å². The molecule has 20 heavy (non-hydrogen) atoms. The summed E-state index contributed by atoms with van der Waals surface area (Å²) in [4.78, 5) is 21.7. The highest BCUT2D eigenvalue weighted by Gasteiger charge is 2.44. The molecule has 1 aliphatic heterocycles. The van der Waals surface area contributed by atoms with Gasteiger partial charge in [-0.15, -0.1) is 0 Å². The van der Waals surface area contributed by atoms with Crippen LogP contribution < -0.4 is 11.1 Å². The van der Waals surface area contributed by atoms with E-state index in [4.69, 9.17) is 20.7 Å². The zero-order valence-electron chi connectivity index (χ0n) is 10.4. The van der Waals surface area contributed by atoms with Crippen molar-refractivity contribution in [3.63, 3.8) is 0 Å². The Morgan fingerprint density at radius 3 is 2.25 bits per heavy atom. The second-order valence-electron chi connectivity index (χ2n) is 4.48. The molecule has 116 valence electrons. The number of rotatable bonds is 6. The second-order valence-corrected chi connectivity index (χ2v) is 4.48. The lowest BCUT2D eigenvalue weighted by Gasteiger charge is -2.41. The van der Waals surface area contributed by atoms with Gasteiger partial charge in [0, 0.05) is 0 Å². The number of carbonyl (C=O) groups is 2. The number of ether oxygens (including phenoxy) is 1. The van der Waals surface area contributed by atoms with Crippen molar-refractivity contribution in [2.24, 2.45) is 5.73 Å². The number of carbonyl (C=O) groups excluding carboxylic acids is 1. The third kappa shape index (κ3) is 3.85.